The lowest BCUT2D eigenvalue weighted by Gasteiger charge is -2.09. The highest BCUT2D eigenvalue weighted by Gasteiger charge is 2.43. The molecule has 0 aliphatic heterocycles. The monoisotopic (exact) mass is 286 g/mol. The highest BCUT2D eigenvalue weighted by atomic mass is 79.9. The Morgan fingerprint density at radius 2 is 1.47 bits per heavy atom. The lowest BCUT2D eigenvalue weighted by Crippen LogP contribution is -1.94. The fourth-order valence-corrected chi connectivity index (χ4v) is 3.40. The Hall–Kier alpha value is -1.08. The molecule has 0 nitrogen and oxygen atoms in total. The Balaban J connectivity index is 1.73. The van der Waals surface area contributed by atoms with Crippen molar-refractivity contribution in [2.24, 2.45) is 5.92 Å². The van der Waals surface area contributed by atoms with Crippen LogP contribution in [0.4, 0.5) is 0 Å². The Kier molecular flexibility index (Phi) is 3.02. The normalized spacial score (nSPS) is 24.3. The maximum absolute atomic E-state index is 3.85. The Labute approximate surface area is 111 Å². The lowest BCUT2D eigenvalue weighted by molar-refractivity contribution is 0.786. The molecule has 1 aliphatic rings. The van der Waals surface area contributed by atoms with Crippen LogP contribution >= 0.6 is 15.9 Å². The van der Waals surface area contributed by atoms with Crippen LogP contribution in [-0.4, -0.2) is 0 Å². The van der Waals surface area contributed by atoms with Crippen molar-refractivity contribution in [3.05, 3.63) is 71.8 Å². The van der Waals surface area contributed by atoms with Crippen LogP contribution in [0.3, 0.4) is 0 Å². The molecule has 0 amide bonds. The fraction of sp³-hybridized carbons (Fsp3) is 0.250. The summed E-state index contributed by atoms with van der Waals surface area (Å²) in [5.74, 6) is 1.49. The Bertz CT molecular complexity index is 477. The molecule has 0 bridgehead atoms. The number of alkyl halides is 1. The minimum Gasteiger partial charge on any atom is -0.0836 e. The molecular weight excluding hydrogens is 272 g/mol. The fourth-order valence-electron chi connectivity index (χ4n) is 2.51. The van der Waals surface area contributed by atoms with Crippen LogP contribution in [0.2, 0.25) is 0 Å². The largest absolute Gasteiger partial charge is 0.0836 e. The van der Waals surface area contributed by atoms with Crippen LogP contribution in [0, 0.1) is 5.92 Å². The van der Waals surface area contributed by atoms with Crippen LogP contribution < -0.4 is 0 Å². The first-order valence-corrected chi connectivity index (χ1v) is 7.02. The maximum Gasteiger partial charge on any atom is 0.0429 e. The van der Waals surface area contributed by atoms with Gasteiger partial charge in [0.2, 0.25) is 0 Å². The molecule has 2 aromatic rings. The van der Waals surface area contributed by atoms with Crippen LogP contribution in [0.15, 0.2) is 60.7 Å². The van der Waals surface area contributed by atoms with Crippen molar-refractivity contribution < 1.29 is 0 Å². The zero-order valence-corrected chi connectivity index (χ0v) is 11.2. The smallest absolute Gasteiger partial charge is 0.0429 e. The van der Waals surface area contributed by atoms with Crippen molar-refractivity contribution >= 4 is 15.9 Å². The van der Waals surface area contributed by atoms with Gasteiger partial charge in [0, 0.05) is 4.83 Å². The van der Waals surface area contributed by atoms with E-state index >= 15 is 0 Å². The molecule has 0 aromatic heterocycles. The number of hydrogen-bond acceptors (Lipinski definition) is 0. The van der Waals surface area contributed by atoms with Gasteiger partial charge in [-0.15, -0.1) is 0 Å². The third-order valence-electron chi connectivity index (χ3n) is 3.56. The molecule has 86 valence electrons. The number of rotatable bonds is 3. The maximum atomic E-state index is 3.85. The molecule has 0 heterocycles. The molecule has 3 rings (SSSR count). The first-order valence-electron chi connectivity index (χ1n) is 6.10. The molecular formula is C16H15Br. The molecule has 0 N–H and O–H groups in total. The van der Waals surface area contributed by atoms with E-state index in [1.165, 1.54) is 17.5 Å². The van der Waals surface area contributed by atoms with Crippen LogP contribution in [-0.2, 0) is 0 Å². The first-order chi connectivity index (χ1) is 8.36. The van der Waals surface area contributed by atoms with Crippen molar-refractivity contribution in [1.82, 2.24) is 0 Å². The second kappa shape index (κ2) is 4.66. The second-order valence-corrected chi connectivity index (χ2v) is 5.72. The number of halogens is 1. The summed E-state index contributed by atoms with van der Waals surface area (Å²) in [5.41, 5.74) is 2.88. The van der Waals surface area contributed by atoms with Gasteiger partial charge in [-0.1, -0.05) is 76.6 Å². The molecule has 0 radical (unpaired) electrons. The highest BCUT2D eigenvalue weighted by molar-refractivity contribution is 9.09. The summed E-state index contributed by atoms with van der Waals surface area (Å²) < 4.78 is 0. The number of benzene rings is 2. The van der Waals surface area contributed by atoms with Crippen LogP contribution in [0.25, 0.3) is 0 Å². The van der Waals surface area contributed by atoms with Crippen molar-refractivity contribution in [1.29, 1.82) is 0 Å². The molecule has 1 fully saturated rings. The van der Waals surface area contributed by atoms with E-state index in [2.05, 4.69) is 76.6 Å². The van der Waals surface area contributed by atoms with E-state index < -0.39 is 0 Å². The third kappa shape index (κ3) is 2.30. The van der Waals surface area contributed by atoms with Crippen molar-refractivity contribution in [2.45, 2.75) is 17.2 Å². The minimum absolute atomic E-state index is 0.494. The van der Waals surface area contributed by atoms with E-state index in [1.54, 1.807) is 0 Å². The summed E-state index contributed by atoms with van der Waals surface area (Å²) >= 11 is 3.85. The van der Waals surface area contributed by atoms with Gasteiger partial charge in [-0.3, -0.25) is 0 Å². The average molecular weight is 287 g/mol. The Morgan fingerprint density at radius 1 is 0.882 bits per heavy atom. The van der Waals surface area contributed by atoms with Gasteiger partial charge < -0.3 is 0 Å². The predicted octanol–water partition coefficient (Wildman–Crippen LogP) is 4.93. The molecule has 17 heavy (non-hydrogen) atoms. The highest BCUT2D eigenvalue weighted by Crippen LogP contribution is 2.56. The molecule has 0 saturated heterocycles. The lowest BCUT2D eigenvalue weighted by atomic mass is 10.0. The molecule has 0 spiro atoms. The van der Waals surface area contributed by atoms with Gasteiger partial charge in [0.1, 0.15) is 0 Å². The van der Waals surface area contributed by atoms with E-state index in [-0.39, 0.29) is 0 Å². The van der Waals surface area contributed by atoms with Crippen molar-refractivity contribution in [2.75, 3.05) is 0 Å². The van der Waals surface area contributed by atoms with Crippen molar-refractivity contribution in [3.63, 3.8) is 0 Å². The summed E-state index contributed by atoms with van der Waals surface area (Å²) in [4.78, 5) is 0.494. The third-order valence-corrected chi connectivity index (χ3v) is 4.77. The van der Waals surface area contributed by atoms with E-state index in [9.17, 15) is 0 Å². The van der Waals surface area contributed by atoms with Gasteiger partial charge in [-0.25, -0.2) is 0 Å². The molecule has 2 aromatic carbocycles. The van der Waals surface area contributed by atoms with E-state index in [4.69, 9.17) is 0 Å². The van der Waals surface area contributed by atoms with E-state index in [0.29, 0.717) is 4.83 Å². The zero-order chi connectivity index (χ0) is 11.7. The quantitative estimate of drug-likeness (QED) is 0.702. The van der Waals surface area contributed by atoms with E-state index in [1.807, 2.05) is 0 Å². The summed E-state index contributed by atoms with van der Waals surface area (Å²) in [5, 5.41) is 0. The van der Waals surface area contributed by atoms with E-state index in [0.717, 1.165) is 11.8 Å². The van der Waals surface area contributed by atoms with Crippen LogP contribution in [0.1, 0.15) is 28.3 Å². The standard InChI is InChI=1S/C16H15Br/c17-16(13-9-5-2-6-10-13)15-11-14(15)12-7-3-1-4-8-12/h1-10,14-16H,11H2. The molecule has 1 saturated carbocycles. The summed E-state index contributed by atoms with van der Waals surface area (Å²) in [7, 11) is 0. The Morgan fingerprint density at radius 3 is 2.12 bits per heavy atom. The van der Waals surface area contributed by atoms with Gasteiger partial charge in [0.25, 0.3) is 0 Å². The van der Waals surface area contributed by atoms with Gasteiger partial charge in [0.15, 0.2) is 0 Å². The van der Waals surface area contributed by atoms with Gasteiger partial charge in [-0.2, -0.15) is 0 Å². The second-order valence-electron chi connectivity index (χ2n) is 4.73. The molecule has 3 atom stereocenters. The first kappa shape index (κ1) is 11.0. The minimum atomic E-state index is 0.494. The topological polar surface area (TPSA) is 0 Å². The summed E-state index contributed by atoms with van der Waals surface area (Å²) in [6, 6.07) is 21.6. The predicted molar refractivity (Wildman–Crippen MR) is 75.4 cm³/mol. The van der Waals surface area contributed by atoms with Crippen molar-refractivity contribution in [3.8, 4) is 0 Å². The summed E-state index contributed by atoms with van der Waals surface area (Å²) in [6.07, 6.45) is 1.30. The molecule has 1 heteroatoms. The van der Waals surface area contributed by atoms with Gasteiger partial charge >= 0.3 is 0 Å². The molecule has 3 unspecified atom stereocenters. The zero-order valence-electron chi connectivity index (χ0n) is 9.59. The summed E-state index contributed by atoms with van der Waals surface area (Å²) in [6.45, 7) is 0. The van der Waals surface area contributed by atoms with Gasteiger partial charge in [0.05, 0.1) is 0 Å². The number of hydrogen-bond donors (Lipinski definition) is 0. The van der Waals surface area contributed by atoms with Crippen LogP contribution in [0.5, 0.6) is 0 Å². The SMILES string of the molecule is BrC(c1ccccc1)C1CC1c1ccccc1. The average Bonchev–Trinajstić information content (AvgIpc) is 3.20. The van der Waals surface area contributed by atoms with Gasteiger partial charge in [-0.05, 0) is 29.4 Å². The molecule has 1 aliphatic carbocycles.